The average Bonchev–Trinajstić information content (AvgIpc) is 2.75. The monoisotopic (exact) mass is 273 g/mol. The second kappa shape index (κ2) is 5.45. The Balaban J connectivity index is 2.07. The summed E-state index contributed by atoms with van der Waals surface area (Å²) in [5.41, 5.74) is 2.33. The molecule has 5 nitrogen and oxygen atoms in total. The quantitative estimate of drug-likeness (QED) is 0.844. The van der Waals surface area contributed by atoms with Gasteiger partial charge >= 0.3 is 6.09 Å². The normalized spacial score (nSPS) is 11.4. The van der Waals surface area contributed by atoms with Crippen LogP contribution in [0.4, 0.5) is 4.79 Å². The van der Waals surface area contributed by atoms with E-state index in [1.54, 1.807) is 12.4 Å². The van der Waals surface area contributed by atoms with Gasteiger partial charge in [0.05, 0.1) is 6.20 Å². The maximum Gasteiger partial charge on any atom is 0.435 e. The van der Waals surface area contributed by atoms with Gasteiger partial charge in [0.2, 0.25) is 0 Å². The zero-order valence-corrected chi connectivity index (χ0v) is 12.3. The van der Waals surface area contributed by atoms with Crippen LogP contribution in [0.1, 0.15) is 37.7 Å². The van der Waals surface area contributed by atoms with Crippen LogP contribution < -0.4 is 0 Å². The van der Waals surface area contributed by atoms with E-state index in [9.17, 15) is 4.79 Å². The van der Waals surface area contributed by atoms with Crippen molar-refractivity contribution in [2.24, 2.45) is 0 Å². The third kappa shape index (κ3) is 3.91. The molecule has 0 saturated carbocycles. The van der Waals surface area contributed by atoms with Gasteiger partial charge in [0.1, 0.15) is 5.60 Å². The molecule has 20 heavy (non-hydrogen) atoms. The number of aryl methyl sites for hydroxylation is 1. The van der Waals surface area contributed by atoms with E-state index in [4.69, 9.17) is 4.74 Å². The molecule has 2 heterocycles. The molecule has 0 amide bonds. The molecule has 0 aliphatic carbocycles. The minimum absolute atomic E-state index is 0.471. The van der Waals surface area contributed by atoms with Crippen molar-refractivity contribution in [3.05, 3.63) is 47.5 Å². The number of carbonyl (C=O) groups is 1. The van der Waals surface area contributed by atoms with Gasteiger partial charge in [0.25, 0.3) is 0 Å². The highest BCUT2D eigenvalue weighted by Gasteiger charge is 2.18. The van der Waals surface area contributed by atoms with Crippen molar-refractivity contribution in [1.82, 2.24) is 14.8 Å². The van der Waals surface area contributed by atoms with Crippen LogP contribution in [0.15, 0.2) is 30.6 Å². The standard InChI is InChI=1S/C15H19N3O2/c1-11-6-5-7-13(17-11)8-12-9-16-18(10-12)14(19)20-15(2,3)4/h5-7,9-10H,8H2,1-4H3. The lowest BCUT2D eigenvalue weighted by atomic mass is 10.2. The van der Waals surface area contributed by atoms with Gasteiger partial charge in [-0.05, 0) is 45.4 Å². The van der Waals surface area contributed by atoms with Gasteiger partial charge in [0.15, 0.2) is 0 Å². The first-order valence-electron chi connectivity index (χ1n) is 6.53. The molecule has 0 bridgehead atoms. The topological polar surface area (TPSA) is 57.0 Å². The Morgan fingerprint density at radius 2 is 2.10 bits per heavy atom. The van der Waals surface area contributed by atoms with Gasteiger partial charge in [-0.15, -0.1) is 0 Å². The second-order valence-corrected chi connectivity index (χ2v) is 5.72. The van der Waals surface area contributed by atoms with Gasteiger partial charge in [-0.3, -0.25) is 4.98 Å². The molecule has 2 aromatic rings. The molecule has 106 valence electrons. The molecule has 0 aliphatic heterocycles. The van der Waals surface area contributed by atoms with Gasteiger partial charge in [0, 0.05) is 24.0 Å². The Morgan fingerprint density at radius 3 is 2.75 bits per heavy atom. The molecule has 2 rings (SSSR count). The van der Waals surface area contributed by atoms with E-state index in [0.717, 1.165) is 17.0 Å². The molecule has 0 fully saturated rings. The second-order valence-electron chi connectivity index (χ2n) is 5.72. The van der Waals surface area contributed by atoms with Crippen LogP contribution in [0.3, 0.4) is 0 Å². The van der Waals surface area contributed by atoms with Crippen molar-refractivity contribution in [3.8, 4) is 0 Å². The van der Waals surface area contributed by atoms with Crippen LogP contribution >= 0.6 is 0 Å². The van der Waals surface area contributed by atoms with E-state index in [1.807, 2.05) is 45.9 Å². The van der Waals surface area contributed by atoms with E-state index in [2.05, 4.69) is 10.1 Å². The van der Waals surface area contributed by atoms with Crippen molar-refractivity contribution < 1.29 is 9.53 Å². The molecule has 2 aromatic heterocycles. The largest absolute Gasteiger partial charge is 0.442 e. The molecule has 0 spiro atoms. The fourth-order valence-electron chi connectivity index (χ4n) is 1.77. The summed E-state index contributed by atoms with van der Waals surface area (Å²) in [7, 11) is 0. The lowest BCUT2D eigenvalue weighted by Crippen LogP contribution is -2.27. The molecule has 0 saturated heterocycles. The highest BCUT2D eigenvalue weighted by atomic mass is 16.6. The fraction of sp³-hybridized carbons (Fsp3) is 0.400. The lowest BCUT2D eigenvalue weighted by molar-refractivity contribution is 0.0514. The summed E-state index contributed by atoms with van der Waals surface area (Å²) < 4.78 is 6.47. The third-order valence-corrected chi connectivity index (χ3v) is 2.55. The van der Waals surface area contributed by atoms with Gasteiger partial charge in [-0.1, -0.05) is 6.07 Å². The number of nitrogens with zero attached hydrogens (tertiary/aromatic N) is 3. The Hall–Kier alpha value is -2.17. The summed E-state index contributed by atoms with van der Waals surface area (Å²) in [6.07, 6.45) is 3.51. The molecule has 0 atom stereocenters. The average molecular weight is 273 g/mol. The zero-order valence-electron chi connectivity index (χ0n) is 12.3. The van der Waals surface area contributed by atoms with Crippen molar-refractivity contribution in [2.75, 3.05) is 0 Å². The van der Waals surface area contributed by atoms with E-state index in [1.165, 1.54) is 4.68 Å². The van der Waals surface area contributed by atoms with Crippen LogP contribution in [0.2, 0.25) is 0 Å². The van der Waals surface area contributed by atoms with E-state index in [-0.39, 0.29) is 0 Å². The first-order valence-corrected chi connectivity index (χ1v) is 6.53. The lowest BCUT2D eigenvalue weighted by Gasteiger charge is -2.18. The van der Waals surface area contributed by atoms with E-state index in [0.29, 0.717) is 6.42 Å². The van der Waals surface area contributed by atoms with Crippen molar-refractivity contribution >= 4 is 6.09 Å². The fourth-order valence-corrected chi connectivity index (χ4v) is 1.77. The Morgan fingerprint density at radius 1 is 1.35 bits per heavy atom. The number of pyridine rings is 1. The molecule has 5 heteroatoms. The van der Waals surface area contributed by atoms with E-state index >= 15 is 0 Å². The molecular formula is C15H19N3O2. The Labute approximate surface area is 118 Å². The van der Waals surface area contributed by atoms with Gasteiger partial charge < -0.3 is 4.74 Å². The first kappa shape index (κ1) is 14.2. The van der Waals surface area contributed by atoms with E-state index < -0.39 is 11.7 Å². The number of ether oxygens (including phenoxy) is 1. The molecule has 0 radical (unpaired) electrons. The molecule has 0 aliphatic rings. The summed E-state index contributed by atoms with van der Waals surface area (Å²) >= 11 is 0. The maximum atomic E-state index is 11.8. The Kier molecular flexibility index (Phi) is 3.88. The zero-order chi connectivity index (χ0) is 14.8. The highest BCUT2D eigenvalue weighted by Crippen LogP contribution is 2.11. The number of hydrogen-bond acceptors (Lipinski definition) is 4. The third-order valence-electron chi connectivity index (χ3n) is 2.55. The van der Waals surface area contributed by atoms with Gasteiger partial charge in [-0.25, -0.2) is 4.79 Å². The number of hydrogen-bond donors (Lipinski definition) is 0. The van der Waals surface area contributed by atoms with Crippen LogP contribution in [0.25, 0.3) is 0 Å². The number of aromatic nitrogens is 3. The minimum atomic E-state index is -0.526. The number of rotatable bonds is 2. The molecule has 0 unspecified atom stereocenters. The van der Waals surface area contributed by atoms with Crippen LogP contribution in [-0.2, 0) is 11.2 Å². The van der Waals surface area contributed by atoms with Crippen LogP contribution in [0, 0.1) is 6.92 Å². The predicted molar refractivity (Wildman–Crippen MR) is 75.6 cm³/mol. The molecule has 0 aromatic carbocycles. The van der Waals surface area contributed by atoms with Crippen molar-refractivity contribution in [1.29, 1.82) is 0 Å². The highest BCUT2D eigenvalue weighted by molar-refractivity contribution is 5.69. The summed E-state index contributed by atoms with van der Waals surface area (Å²) in [6, 6.07) is 5.88. The first-order chi connectivity index (χ1) is 9.33. The number of carbonyl (C=O) groups excluding carboxylic acids is 1. The van der Waals surface area contributed by atoms with Crippen molar-refractivity contribution in [2.45, 2.75) is 39.7 Å². The predicted octanol–water partition coefficient (Wildman–Crippen LogP) is 2.96. The summed E-state index contributed by atoms with van der Waals surface area (Å²) in [5, 5.41) is 4.03. The van der Waals surface area contributed by atoms with Gasteiger partial charge in [-0.2, -0.15) is 9.78 Å². The molecule has 0 N–H and O–H groups in total. The summed E-state index contributed by atoms with van der Waals surface area (Å²) in [5.74, 6) is 0. The molecular weight excluding hydrogens is 254 g/mol. The summed E-state index contributed by atoms with van der Waals surface area (Å²) in [6.45, 7) is 7.43. The smallest absolute Gasteiger partial charge is 0.435 e. The van der Waals surface area contributed by atoms with Crippen LogP contribution in [-0.4, -0.2) is 26.5 Å². The summed E-state index contributed by atoms with van der Waals surface area (Å²) in [4.78, 5) is 16.3. The van der Waals surface area contributed by atoms with Crippen LogP contribution in [0.5, 0.6) is 0 Å². The minimum Gasteiger partial charge on any atom is -0.442 e. The SMILES string of the molecule is Cc1cccc(Cc2cnn(C(=O)OC(C)(C)C)c2)n1. The van der Waals surface area contributed by atoms with Crippen molar-refractivity contribution in [3.63, 3.8) is 0 Å². The Bertz CT molecular complexity index is 612. The maximum absolute atomic E-state index is 11.8.